The fraction of sp³-hybridized carbons (Fsp3) is 0.571. The van der Waals surface area contributed by atoms with Crippen molar-refractivity contribution in [1.82, 2.24) is 4.90 Å². The van der Waals surface area contributed by atoms with Gasteiger partial charge in [0.25, 0.3) is 0 Å². The van der Waals surface area contributed by atoms with Gasteiger partial charge in [-0.15, -0.1) is 0 Å². The van der Waals surface area contributed by atoms with Gasteiger partial charge in [-0.3, -0.25) is 4.90 Å². The second-order valence-corrected chi connectivity index (χ2v) is 4.64. The minimum absolute atomic E-state index is 0.0919. The minimum Gasteiger partial charge on any atom is -0.394 e. The molecule has 0 atom stereocenters. The first-order valence-corrected chi connectivity index (χ1v) is 6.27. The van der Waals surface area contributed by atoms with Crippen LogP contribution in [0, 0.1) is 0 Å². The Morgan fingerprint density at radius 1 is 1.17 bits per heavy atom. The second-order valence-electron chi connectivity index (χ2n) is 4.64. The lowest BCUT2D eigenvalue weighted by atomic mass is 10.2. The maximum Gasteiger partial charge on any atom is 0.0698 e. The summed E-state index contributed by atoms with van der Waals surface area (Å²) in [5.41, 5.74) is 2.52. The fourth-order valence-electron chi connectivity index (χ4n) is 1.71. The lowest BCUT2D eigenvalue weighted by Gasteiger charge is -2.18. The molecule has 4 nitrogen and oxygen atoms in total. The third kappa shape index (κ3) is 5.49. The van der Waals surface area contributed by atoms with E-state index in [9.17, 15) is 0 Å². The van der Waals surface area contributed by atoms with Gasteiger partial charge in [0, 0.05) is 32.9 Å². The van der Waals surface area contributed by atoms with Crippen molar-refractivity contribution in [3.63, 3.8) is 0 Å². The summed E-state index contributed by atoms with van der Waals surface area (Å²) in [5, 5.41) is 8.61. The van der Waals surface area contributed by atoms with Gasteiger partial charge in [-0.1, -0.05) is 12.1 Å². The molecule has 0 saturated heterocycles. The molecule has 0 aliphatic rings. The smallest absolute Gasteiger partial charge is 0.0698 e. The van der Waals surface area contributed by atoms with E-state index in [-0.39, 0.29) is 6.61 Å². The summed E-state index contributed by atoms with van der Waals surface area (Å²) in [5.74, 6) is 0. The van der Waals surface area contributed by atoms with Crippen LogP contribution in [0.5, 0.6) is 0 Å². The molecule has 0 radical (unpaired) electrons. The molecule has 102 valence electrons. The Morgan fingerprint density at radius 2 is 1.94 bits per heavy atom. The first-order valence-electron chi connectivity index (χ1n) is 6.27. The molecular formula is C14H24N2O2. The standard InChI is InChI=1S/C14H24N2O2/c1-15(2)14-6-4-5-13(11-14)12-16(3)7-9-18-10-8-17/h4-6,11,17H,7-10,12H2,1-3H3. The highest BCUT2D eigenvalue weighted by molar-refractivity contribution is 5.47. The molecule has 0 bridgehead atoms. The van der Waals surface area contributed by atoms with Gasteiger partial charge in [0.15, 0.2) is 0 Å². The molecule has 0 unspecified atom stereocenters. The summed E-state index contributed by atoms with van der Waals surface area (Å²) in [6.07, 6.45) is 0. The summed E-state index contributed by atoms with van der Waals surface area (Å²) in [7, 11) is 6.17. The number of aliphatic hydroxyl groups excluding tert-OH is 1. The maximum atomic E-state index is 8.61. The number of anilines is 1. The molecular weight excluding hydrogens is 228 g/mol. The monoisotopic (exact) mass is 252 g/mol. The van der Waals surface area contributed by atoms with Gasteiger partial charge in [-0.05, 0) is 24.7 Å². The highest BCUT2D eigenvalue weighted by Crippen LogP contribution is 2.14. The van der Waals surface area contributed by atoms with E-state index in [0.29, 0.717) is 13.2 Å². The predicted molar refractivity (Wildman–Crippen MR) is 75.0 cm³/mol. The van der Waals surface area contributed by atoms with Crippen LogP contribution < -0.4 is 4.90 Å². The molecule has 0 heterocycles. The Labute approximate surface area is 110 Å². The van der Waals surface area contributed by atoms with E-state index < -0.39 is 0 Å². The molecule has 0 fully saturated rings. The molecule has 1 N–H and O–H groups in total. The van der Waals surface area contributed by atoms with Crippen LogP contribution in [-0.2, 0) is 11.3 Å². The Morgan fingerprint density at radius 3 is 2.61 bits per heavy atom. The number of benzene rings is 1. The molecule has 4 heteroatoms. The van der Waals surface area contributed by atoms with Crippen LogP contribution in [0.25, 0.3) is 0 Å². The normalized spacial score (nSPS) is 10.9. The van der Waals surface area contributed by atoms with Crippen LogP contribution >= 0.6 is 0 Å². The second kappa shape index (κ2) is 8.08. The molecule has 0 aliphatic heterocycles. The van der Waals surface area contributed by atoms with Crippen molar-refractivity contribution in [3.8, 4) is 0 Å². The zero-order chi connectivity index (χ0) is 13.4. The molecule has 1 rings (SSSR count). The first kappa shape index (κ1) is 15.0. The van der Waals surface area contributed by atoms with E-state index in [1.165, 1.54) is 11.3 Å². The molecule has 0 aromatic heterocycles. The molecule has 1 aromatic rings. The van der Waals surface area contributed by atoms with Gasteiger partial charge < -0.3 is 14.7 Å². The number of ether oxygens (including phenoxy) is 1. The summed E-state index contributed by atoms with van der Waals surface area (Å²) < 4.78 is 5.25. The van der Waals surface area contributed by atoms with E-state index >= 15 is 0 Å². The van der Waals surface area contributed by atoms with Crippen molar-refractivity contribution in [2.75, 3.05) is 52.4 Å². The summed E-state index contributed by atoms with van der Waals surface area (Å²) >= 11 is 0. The molecule has 18 heavy (non-hydrogen) atoms. The van der Waals surface area contributed by atoms with Gasteiger partial charge in [-0.25, -0.2) is 0 Å². The van der Waals surface area contributed by atoms with Gasteiger partial charge in [-0.2, -0.15) is 0 Å². The molecule has 1 aromatic carbocycles. The van der Waals surface area contributed by atoms with Crippen molar-refractivity contribution in [2.24, 2.45) is 0 Å². The van der Waals surface area contributed by atoms with E-state index in [0.717, 1.165) is 13.1 Å². The van der Waals surface area contributed by atoms with Crippen molar-refractivity contribution in [3.05, 3.63) is 29.8 Å². The van der Waals surface area contributed by atoms with Crippen LogP contribution in [0.1, 0.15) is 5.56 Å². The third-order valence-corrected chi connectivity index (χ3v) is 2.73. The van der Waals surface area contributed by atoms with Gasteiger partial charge >= 0.3 is 0 Å². The van der Waals surface area contributed by atoms with Crippen LogP contribution in [0.2, 0.25) is 0 Å². The number of rotatable bonds is 8. The highest BCUT2D eigenvalue weighted by Gasteiger charge is 2.02. The van der Waals surface area contributed by atoms with Gasteiger partial charge in [0.2, 0.25) is 0 Å². The van der Waals surface area contributed by atoms with Crippen molar-refractivity contribution < 1.29 is 9.84 Å². The van der Waals surface area contributed by atoms with Crippen molar-refractivity contribution in [1.29, 1.82) is 0 Å². The van der Waals surface area contributed by atoms with E-state index in [4.69, 9.17) is 9.84 Å². The third-order valence-electron chi connectivity index (χ3n) is 2.73. The number of hydrogen-bond acceptors (Lipinski definition) is 4. The molecule has 0 spiro atoms. The zero-order valence-electron chi connectivity index (χ0n) is 11.6. The van der Waals surface area contributed by atoms with Crippen LogP contribution in [0.3, 0.4) is 0 Å². The highest BCUT2D eigenvalue weighted by atomic mass is 16.5. The summed E-state index contributed by atoms with van der Waals surface area (Å²) in [4.78, 5) is 4.32. The Kier molecular flexibility index (Phi) is 6.72. The van der Waals surface area contributed by atoms with Gasteiger partial charge in [0.1, 0.15) is 0 Å². The van der Waals surface area contributed by atoms with Crippen LogP contribution in [-0.4, -0.2) is 57.5 Å². The average molecular weight is 252 g/mol. The quantitative estimate of drug-likeness (QED) is 0.705. The van der Waals surface area contributed by atoms with Crippen molar-refractivity contribution in [2.45, 2.75) is 6.54 Å². The van der Waals surface area contributed by atoms with E-state index in [2.05, 4.69) is 41.1 Å². The number of aliphatic hydroxyl groups is 1. The lowest BCUT2D eigenvalue weighted by Crippen LogP contribution is -2.23. The largest absolute Gasteiger partial charge is 0.394 e. The topological polar surface area (TPSA) is 35.9 Å². The Hall–Kier alpha value is -1.10. The summed E-state index contributed by atoms with van der Waals surface area (Å²) in [6, 6.07) is 8.53. The molecule has 0 saturated carbocycles. The zero-order valence-corrected chi connectivity index (χ0v) is 11.6. The lowest BCUT2D eigenvalue weighted by molar-refractivity contribution is 0.0773. The minimum atomic E-state index is 0.0919. The average Bonchev–Trinajstić information content (AvgIpc) is 2.35. The number of hydrogen-bond donors (Lipinski definition) is 1. The molecule has 0 aliphatic carbocycles. The van der Waals surface area contributed by atoms with Crippen LogP contribution in [0.15, 0.2) is 24.3 Å². The van der Waals surface area contributed by atoms with Crippen LogP contribution in [0.4, 0.5) is 5.69 Å². The fourth-order valence-corrected chi connectivity index (χ4v) is 1.71. The van der Waals surface area contributed by atoms with Crippen molar-refractivity contribution >= 4 is 5.69 Å². The maximum absolute atomic E-state index is 8.61. The summed E-state index contributed by atoms with van der Waals surface area (Å²) in [6.45, 7) is 2.94. The first-order chi connectivity index (χ1) is 8.63. The predicted octanol–water partition coefficient (Wildman–Crippen LogP) is 1.19. The van der Waals surface area contributed by atoms with Gasteiger partial charge in [0.05, 0.1) is 19.8 Å². The SMILES string of the molecule is CN(CCOCCO)Cc1cccc(N(C)C)c1. The Bertz CT molecular complexity index is 342. The van der Waals surface area contributed by atoms with E-state index in [1.54, 1.807) is 0 Å². The van der Waals surface area contributed by atoms with E-state index in [1.807, 2.05) is 14.1 Å². The number of nitrogens with zero attached hydrogens (tertiary/aromatic N) is 2. The number of likely N-dealkylation sites (N-methyl/N-ethyl adjacent to an activating group) is 1. The molecule has 0 amide bonds. The Balaban J connectivity index is 2.39.